The van der Waals surface area contributed by atoms with Crippen molar-refractivity contribution in [1.29, 1.82) is 0 Å². The molecule has 0 aromatic carbocycles. The normalized spacial score (nSPS) is 13.9. The second kappa shape index (κ2) is 5.29. The predicted octanol–water partition coefficient (Wildman–Crippen LogP) is 2.21. The van der Waals surface area contributed by atoms with E-state index in [0.717, 1.165) is 5.71 Å². The third kappa shape index (κ3) is 5.01. The highest BCUT2D eigenvalue weighted by Gasteiger charge is 1.73. The van der Waals surface area contributed by atoms with E-state index < -0.39 is 0 Å². The Bertz CT molecular complexity index is 141. The van der Waals surface area contributed by atoms with Crippen molar-refractivity contribution < 1.29 is 0 Å². The van der Waals surface area contributed by atoms with Crippen LogP contribution in [0.3, 0.4) is 0 Å². The van der Waals surface area contributed by atoms with Gasteiger partial charge in [0.1, 0.15) is 0 Å². The van der Waals surface area contributed by atoms with Gasteiger partial charge in [0, 0.05) is 12.8 Å². The largest absolute Gasteiger partial charge is 0.293 e. The zero-order valence-corrected chi connectivity index (χ0v) is 6.26. The number of hydrogen-bond donors (Lipinski definition) is 0. The Morgan fingerprint density at radius 3 is 2.44 bits per heavy atom. The van der Waals surface area contributed by atoms with E-state index in [1.54, 1.807) is 7.05 Å². The van der Waals surface area contributed by atoms with Crippen LogP contribution < -0.4 is 0 Å². The zero-order chi connectivity index (χ0) is 7.11. The van der Waals surface area contributed by atoms with E-state index in [2.05, 4.69) is 4.99 Å². The molecule has 0 fully saturated rings. The summed E-state index contributed by atoms with van der Waals surface area (Å²) in [4.78, 5) is 3.96. The maximum Gasteiger partial charge on any atom is 0.0313 e. The van der Waals surface area contributed by atoms with Crippen LogP contribution in [-0.4, -0.2) is 12.8 Å². The summed E-state index contributed by atoms with van der Waals surface area (Å²) in [6.07, 6.45) is 7.91. The molecule has 0 atom stereocenters. The molecule has 9 heavy (non-hydrogen) atoms. The molecule has 0 saturated carbocycles. The highest BCUT2D eigenvalue weighted by Crippen LogP contribution is 1.80. The van der Waals surface area contributed by atoms with Gasteiger partial charge in [0.15, 0.2) is 0 Å². The van der Waals surface area contributed by atoms with Crippen molar-refractivity contribution in [3.8, 4) is 0 Å². The Balaban J connectivity index is 3.71. The molecule has 50 valence electrons. The van der Waals surface area contributed by atoms with Gasteiger partial charge in [0.05, 0.1) is 0 Å². The Labute approximate surface area is 56.8 Å². The SMILES string of the molecule is C/C=C\C=C/C(C)=NC. The van der Waals surface area contributed by atoms with Crippen molar-refractivity contribution in [2.45, 2.75) is 13.8 Å². The molecule has 1 heteroatoms. The van der Waals surface area contributed by atoms with Crippen LogP contribution >= 0.6 is 0 Å². The van der Waals surface area contributed by atoms with Gasteiger partial charge in [-0.25, -0.2) is 0 Å². The maximum absolute atomic E-state index is 3.96. The molecule has 0 amide bonds. The van der Waals surface area contributed by atoms with E-state index in [0.29, 0.717) is 0 Å². The number of allylic oxidation sites excluding steroid dienone is 4. The van der Waals surface area contributed by atoms with Gasteiger partial charge in [-0.05, 0) is 19.9 Å². The van der Waals surface area contributed by atoms with Crippen molar-refractivity contribution in [3.05, 3.63) is 24.3 Å². The predicted molar refractivity (Wildman–Crippen MR) is 43.0 cm³/mol. The van der Waals surface area contributed by atoms with E-state index in [-0.39, 0.29) is 0 Å². The van der Waals surface area contributed by atoms with Crippen LogP contribution in [0.15, 0.2) is 29.3 Å². The maximum atomic E-state index is 3.96. The second-order valence-corrected chi connectivity index (χ2v) is 1.75. The summed E-state index contributed by atoms with van der Waals surface area (Å²) in [7, 11) is 1.79. The molecule has 0 spiro atoms. The van der Waals surface area contributed by atoms with Crippen LogP contribution in [0.25, 0.3) is 0 Å². The standard InChI is InChI=1S/C8H13N/c1-4-5-6-7-8(2)9-3/h4-7H,1-3H3/b5-4-,7-6-,9-8?. The number of nitrogens with zero attached hydrogens (tertiary/aromatic N) is 1. The summed E-state index contributed by atoms with van der Waals surface area (Å²) in [6.45, 7) is 3.96. The van der Waals surface area contributed by atoms with Gasteiger partial charge in [0.2, 0.25) is 0 Å². The van der Waals surface area contributed by atoms with Gasteiger partial charge < -0.3 is 0 Å². The Morgan fingerprint density at radius 2 is 2.00 bits per heavy atom. The summed E-state index contributed by atoms with van der Waals surface area (Å²) in [5.41, 5.74) is 1.05. The zero-order valence-electron chi connectivity index (χ0n) is 6.26. The van der Waals surface area contributed by atoms with Crippen LogP contribution in [0.2, 0.25) is 0 Å². The first-order valence-corrected chi connectivity index (χ1v) is 3.04. The quantitative estimate of drug-likeness (QED) is 0.394. The van der Waals surface area contributed by atoms with Gasteiger partial charge in [-0.15, -0.1) is 0 Å². The smallest absolute Gasteiger partial charge is 0.0313 e. The fourth-order valence-corrected chi connectivity index (χ4v) is 0.380. The summed E-state index contributed by atoms with van der Waals surface area (Å²) in [5, 5.41) is 0. The molecule has 0 aliphatic heterocycles. The van der Waals surface area contributed by atoms with Crippen LogP contribution in [0.1, 0.15) is 13.8 Å². The molecule has 0 aliphatic rings. The van der Waals surface area contributed by atoms with Gasteiger partial charge in [-0.2, -0.15) is 0 Å². The first-order valence-electron chi connectivity index (χ1n) is 3.04. The van der Waals surface area contributed by atoms with Crippen LogP contribution in [0.5, 0.6) is 0 Å². The summed E-state index contributed by atoms with van der Waals surface area (Å²) >= 11 is 0. The van der Waals surface area contributed by atoms with Gasteiger partial charge in [-0.1, -0.05) is 18.2 Å². The molecule has 0 rings (SSSR count). The molecule has 0 N–H and O–H groups in total. The first kappa shape index (κ1) is 8.15. The second-order valence-electron chi connectivity index (χ2n) is 1.75. The van der Waals surface area contributed by atoms with Gasteiger partial charge >= 0.3 is 0 Å². The van der Waals surface area contributed by atoms with E-state index in [9.17, 15) is 0 Å². The van der Waals surface area contributed by atoms with Crippen molar-refractivity contribution in [2.24, 2.45) is 4.99 Å². The fourth-order valence-electron chi connectivity index (χ4n) is 0.380. The Kier molecular flexibility index (Phi) is 4.79. The molecular formula is C8H13N. The lowest BCUT2D eigenvalue weighted by molar-refractivity contribution is 1.43. The van der Waals surface area contributed by atoms with Crippen molar-refractivity contribution >= 4 is 5.71 Å². The van der Waals surface area contributed by atoms with Crippen LogP contribution in [0.4, 0.5) is 0 Å². The summed E-state index contributed by atoms with van der Waals surface area (Å²) < 4.78 is 0. The van der Waals surface area contributed by atoms with Crippen LogP contribution in [-0.2, 0) is 0 Å². The molecule has 0 aliphatic carbocycles. The highest BCUT2D eigenvalue weighted by atomic mass is 14.7. The van der Waals surface area contributed by atoms with E-state index in [1.165, 1.54) is 0 Å². The molecule has 0 heterocycles. The molecule has 0 aromatic rings. The molecule has 0 radical (unpaired) electrons. The highest BCUT2D eigenvalue weighted by molar-refractivity contribution is 5.92. The molecule has 0 bridgehead atoms. The summed E-state index contributed by atoms with van der Waals surface area (Å²) in [6, 6.07) is 0. The molecular weight excluding hydrogens is 110 g/mol. The average molecular weight is 123 g/mol. The lowest BCUT2D eigenvalue weighted by Crippen LogP contribution is -1.80. The van der Waals surface area contributed by atoms with Crippen LogP contribution in [0, 0.1) is 0 Å². The molecule has 0 unspecified atom stereocenters. The molecule has 0 aromatic heterocycles. The van der Waals surface area contributed by atoms with Crippen molar-refractivity contribution in [1.82, 2.24) is 0 Å². The Morgan fingerprint density at radius 1 is 1.33 bits per heavy atom. The van der Waals surface area contributed by atoms with E-state index >= 15 is 0 Å². The van der Waals surface area contributed by atoms with Crippen molar-refractivity contribution in [3.63, 3.8) is 0 Å². The van der Waals surface area contributed by atoms with E-state index in [1.807, 2.05) is 38.2 Å². The first-order chi connectivity index (χ1) is 4.31. The minimum atomic E-state index is 1.05. The minimum Gasteiger partial charge on any atom is -0.293 e. The number of hydrogen-bond acceptors (Lipinski definition) is 1. The minimum absolute atomic E-state index is 1.05. The Hall–Kier alpha value is -0.850. The lowest BCUT2D eigenvalue weighted by Gasteiger charge is -1.82. The third-order valence-electron chi connectivity index (χ3n) is 0.994. The monoisotopic (exact) mass is 123 g/mol. The fraction of sp³-hybridized carbons (Fsp3) is 0.375. The number of aliphatic imine (C=N–C) groups is 1. The number of rotatable bonds is 2. The third-order valence-corrected chi connectivity index (χ3v) is 0.994. The van der Waals surface area contributed by atoms with Gasteiger partial charge in [0.25, 0.3) is 0 Å². The van der Waals surface area contributed by atoms with E-state index in [4.69, 9.17) is 0 Å². The average Bonchev–Trinajstić information content (AvgIpc) is 1.89. The molecule has 0 saturated heterocycles. The van der Waals surface area contributed by atoms with Crippen molar-refractivity contribution in [2.75, 3.05) is 7.05 Å². The molecule has 1 nitrogen and oxygen atoms in total. The lowest BCUT2D eigenvalue weighted by atomic mass is 10.3. The topological polar surface area (TPSA) is 12.4 Å². The van der Waals surface area contributed by atoms with Gasteiger partial charge in [-0.3, -0.25) is 4.99 Å². The summed E-state index contributed by atoms with van der Waals surface area (Å²) in [5.74, 6) is 0.